The summed E-state index contributed by atoms with van der Waals surface area (Å²) in [5.74, 6) is -0.207. The first-order chi connectivity index (χ1) is 12.7. The van der Waals surface area contributed by atoms with Gasteiger partial charge in [-0.05, 0) is 61.1 Å². The van der Waals surface area contributed by atoms with E-state index in [2.05, 4.69) is 0 Å². The van der Waals surface area contributed by atoms with E-state index in [0.717, 1.165) is 34.3 Å². The second-order valence-electron chi connectivity index (χ2n) is 7.35. The Bertz CT molecular complexity index is 830. The van der Waals surface area contributed by atoms with Gasteiger partial charge in [-0.2, -0.15) is 13.2 Å². The monoisotopic (exact) mass is 379 g/mol. The fourth-order valence-electron chi connectivity index (χ4n) is 3.48. The smallest absolute Gasteiger partial charge is 0.406 e. The Morgan fingerprint density at radius 3 is 2.37 bits per heavy atom. The molecule has 1 aliphatic rings. The van der Waals surface area contributed by atoms with Crippen LogP contribution in [0.3, 0.4) is 0 Å². The number of hydrogen-bond donors (Lipinski definition) is 0. The first-order valence-corrected chi connectivity index (χ1v) is 9.14. The van der Waals surface area contributed by atoms with Crippen LogP contribution >= 0.6 is 0 Å². The molecule has 0 heterocycles. The van der Waals surface area contributed by atoms with Crippen LogP contribution < -0.4 is 4.74 Å². The number of benzene rings is 2. The summed E-state index contributed by atoms with van der Waals surface area (Å²) >= 11 is 0. The van der Waals surface area contributed by atoms with Gasteiger partial charge in [0.2, 0.25) is 5.91 Å². The van der Waals surface area contributed by atoms with Crippen molar-refractivity contribution in [2.45, 2.75) is 44.8 Å². The Hall–Kier alpha value is -2.24. The van der Waals surface area contributed by atoms with Crippen molar-refractivity contribution in [1.82, 2.24) is 4.90 Å². The highest BCUT2D eigenvalue weighted by Gasteiger charge is 2.41. The maximum atomic E-state index is 13.1. The average molecular weight is 379 g/mol. The van der Waals surface area contributed by atoms with Gasteiger partial charge >= 0.3 is 6.18 Å². The molecule has 2 atom stereocenters. The van der Waals surface area contributed by atoms with Crippen LogP contribution in [0.5, 0.6) is 5.75 Å². The van der Waals surface area contributed by atoms with Crippen molar-refractivity contribution in [2.24, 2.45) is 5.92 Å². The van der Waals surface area contributed by atoms with Gasteiger partial charge in [-0.25, -0.2) is 0 Å². The Labute approximate surface area is 157 Å². The van der Waals surface area contributed by atoms with Crippen molar-refractivity contribution in [2.75, 3.05) is 13.7 Å². The van der Waals surface area contributed by atoms with E-state index in [4.69, 9.17) is 4.74 Å². The van der Waals surface area contributed by atoms with E-state index in [9.17, 15) is 18.0 Å². The number of halogens is 3. The van der Waals surface area contributed by atoms with E-state index in [1.807, 2.05) is 30.3 Å². The van der Waals surface area contributed by atoms with Crippen molar-refractivity contribution < 1.29 is 22.7 Å². The van der Waals surface area contributed by atoms with E-state index in [0.29, 0.717) is 5.56 Å². The Morgan fingerprint density at radius 1 is 1.15 bits per heavy atom. The molecule has 2 aromatic rings. The van der Waals surface area contributed by atoms with E-state index in [1.54, 1.807) is 27.0 Å². The zero-order valence-corrected chi connectivity index (χ0v) is 15.7. The number of amides is 1. The van der Waals surface area contributed by atoms with Crippen LogP contribution in [0.4, 0.5) is 13.2 Å². The van der Waals surface area contributed by atoms with Gasteiger partial charge < -0.3 is 9.64 Å². The maximum Gasteiger partial charge on any atom is 0.406 e. The zero-order chi connectivity index (χ0) is 19.8. The average Bonchev–Trinajstić information content (AvgIpc) is 3.48. The molecular weight excluding hydrogens is 355 g/mol. The number of alkyl halides is 3. The fraction of sp³-hybridized carbons (Fsp3) is 0.476. The van der Waals surface area contributed by atoms with E-state index in [-0.39, 0.29) is 5.92 Å². The minimum absolute atomic E-state index is 0.174. The Morgan fingerprint density at radius 2 is 1.78 bits per heavy atom. The highest BCUT2D eigenvalue weighted by atomic mass is 19.4. The summed E-state index contributed by atoms with van der Waals surface area (Å²) < 4.78 is 44.4. The summed E-state index contributed by atoms with van der Waals surface area (Å²) in [7, 11) is 1.59. The minimum Gasteiger partial charge on any atom is -0.497 e. The number of methoxy groups -OCH3 is 1. The van der Waals surface area contributed by atoms with E-state index >= 15 is 0 Å². The summed E-state index contributed by atoms with van der Waals surface area (Å²) in [6.45, 7) is 2.20. The van der Waals surface area contributed by atoms with Gasteiger partial charge in [-0.15, -0.1) is 0 Å². The van der Waals surface area contributed by atoms with Crippen LogP contribution in [-0.4, -0.2) is 36.7 Å². The highest BCUT2D eigenvalue weighted by Crippen LogP contribution is 2.37. The molecule has 1 saturated carbocycles. The van der Waals surface area contributed by atoms with Crippen LogP contribution in [-0.2, 0) is 4.79 Å². The molecule has 0 radical (unpaired) electrons. The highest BCUT2D eigenvalue weighted by molar-refractivity contribution is 5.88. The minimum atomic E-state index is -4.40. The molecule has 1 amide bonds. The summed E-state index contributed by atoms with van der Waals surface area (Å²) in [6, 6.07) is 10.7. The topological polar surface area (TPSA) is 29.5 Å². The standard InChI is InChI=1S/C21H24F3NO2/c1-13(16-6-7-18-11-19(27-3)9-8-17(18)10-16)20(26)25(12-21(22,23)24)14(2)15-4-5-15/h6-11,13-15H,4-5,12H2,1-3H3. The summed E-state index contributed by atoms with van der Waals surface area (Å²) in [4.78, 5) is 14.0. The second kappa shape index (κ2) is 7.41. The number of ether oxygens (including phenoxy) is 1. The largest absolute Gasteiger partial charge is 0.497 e. The molecule has 2 unspecified atom stereocenters. The molecule has 0 saturated heterocycles. The lowest BCUT2D eigenvalue weighted by Gasteiger charge is -2.32. The second-order valence-corrected chi connectivity index (χ2v) is 7.35. The Kier molecular flexibility index (Phi) is 5.36. The molecule has 0 bridgehead atoms. The maximum absolute atomic E-state index is 13.1. The van der Waals surface area contributed by atoms with Crippen LogP contribution in [0.15, 0.2) is 36.4 Å². The Balaban J connectivity index is 1.86. The van der Waals surface area contributed by atoms with Crippen LogP contribution in [0, 0.1) is 5.92 Å². The van der Waals surface area contributed by atoms with Crippen LogP contribution in [0.25, 0.3) is 10.8 Å². The first-order valence-electron chi connectivity index (χ1n) is 9.14. The molecule has 1 aliphatic carbocycles. The third-order valence-electron chi connectivity index (χ3n) is 5.37. The van der Waals surface area contributed by atoms with Gasteiger partial charge in [-0.3, -0.25) is 4.79 Å². The first kappa shape index (κ1) is 19.5. The number of fused-ring (bicyclic) bond motifs is 1. The van der Waals surface area contributed by atoms with E-state index < -0.39 is 30.6 Å². The van der Waals surface area contributed by atoms with Crippen molar-refractivity contribution in [3.05, 3.63) is 42.0 Å². The number of carbonyl (C=O) groups excluding carboxylic acids is 1. The molecule has 3 nitrogen and oxygen atoms in total. The SMILES string of the molecule is COc1ccc2cc(C(C)C(=O)N(CC(F)(F)F)C(C)C3CC3)ccc2c1. The predicted octanol–water partition coefficient (Wildman–Crippen LogP) is 5.14. The number of carbonyl (C=O) groups is 1. The molecule has 1 fully saturated rings. The van der Waals surface area contributed by atoms with Crippen molar-refractivity contribution >= 4 is 16.7 Å². The molecular formula is C21H24F3NO2. The molecule has 2 aromatic carbocycles. The fourth-order valence-corrected chi connectivity index (χ4v) is 3.48. The summed E-state index contributed by atoms with van der Waals surface area (Å²) in [5, 5.41) is 1.88. The molecule has 3 rings (SSSR count). The van der Waals surface area contributed by atoms with Gasteiger partial charge in [0.1, 0.15) is 12.3 Å². The quantitative estimate of drug-likeness (QED) is 0.695. The third kappa shape index (κ3) is 4.54. The van der Waals surface area contributed by atoms with E-state index in [1.165, 1.54) is 0 Å². The molecule has 0 N–H and O–H groups in total. The normalized spacial score (nSPS) is 16.8. The molecule has 6 heteroatoms. The number of rotatable bonds is 6. The van der Waals surface area contributed by atoms with Gasteiger partial charge in [-0.1, -0.05) is 24.3 Å². The van der Waals surface area contributed by atoms with Gasteiger partial charge in [0.25, 0.3) is 0 Å². The number of nitrogens with zero attached hydrogens (tertiary/aromatic N) is 1. The van der Waals surface area contributed by atoms with Crippen molar-refractivity contribution in [3.63, 3.8) is 0 Å². The number of hydrogen-bond acceptors (Lipinski definition) is 2. The van der Waals surface area contributed by atoms with Crippen LogP contribution in [0.2, 0.25) is 0 Å². The molecule has 0 aromatic heterocycles. The molecule has 146 valence electrons. The lowest BCUT2D eigenvalue weighted by atomic mass is 9.95. The van der Waals surface area contributed by atoms with Gasteiger partial charge in [0.15, 0.2) is 0 Å². The lowest BCUT2D eigenvalue weighted by Crippen LogP contribution is -2.47. The lowest BCUT2D eigenvalue weighted by molar-refractivity contribution is -0.166. The van der Waals surface area contributed by atoms with Crippen LogP contribution in [0.1, 0.15) is 38.2 Å². The summed E-state index contributed by atoms with van der Waals surface area (Å²) in [6.07, 6.45) is -2.64. The predicted molar refractivity (Wildman–Crippen MR) is 98.9 cm³/mol. The third-order valence-corrected chi connectivity index (χ3v) is 5.37. The van der Waals surface area contributed by atoms with Crippen molar-refractivity contribution in [3.8, 4) is 5.75 Å². The van der Waals surface area contributed by atoms with Gasteiger partial charge in [0, 0.05) is 6.04 Å². The molecule has 27 heavy (non-hydrogen) atoms. The van der Waals surface area contributed by atoms with Crippen molar-refractivity contribution in [1.29, 1.82) is 0 Å². The summed E-state index contributed by atoms with van der Waals surface area (Å²) in [5.41, 5.74) is 0.716. The van der Waals surface area contributed by atoms with Gasteiger partial charge in [0.05, 0.1) is 13.0 Å². The molecule has 0 spiro atoms. The zero-order valence-electron chi connectivity index (χ0n) is 15.7. The molecule has 0 aliphatic heterocycles.